The first-order chi connectivity index (χ1) is 41.9. The molecular formula is C62H38N8O12S4. The van der Waals surface area contributed by atoms with E-state index in [1.165, 1.54) is 38.5 Å². The second kappa shape index (κ2) is 24.5. The zero-order valence-corrected chi connectivity index (χ0v) is 48.1. The molecule has 0 fully saturated rings. The molecule has 0 saturated heterocycles. The van der Waals surface area contributed by atoms with Gasteiger partial charge in [0.05, 0.1) is 24.0 Å². The van der Waals surface area contributed by atoms with E-state index in [2.05, 4.69) is 9.98 Å². The van der Waals surface area contributed by atoms with Crippen molar-refractivity contribution in [1.29, 1.82) is 21.0 Å². The molecule has 2 aliphatic rings. The number of ether oxygens (including phenoxy) is 8. The van der Waals surface area contributed by atoms with E-state index in [0.29, 0.717) is 32.0 Å². The number of carbonyl (C=O) groups is 4. The highest BCUT2D eigenvalue weighted by molar-refractivity contribution is 7.26. The molecule has 2 aliphatic heterocycles. The summed E-state index contributed by atoms with van der Waals surface area (Å²) in [5.74, 6) is -5.15. The normalized spacial score (nSPS) is 12.5. The number of fused-ring (bicyclic) bond motifs is 6. The van der Waals surface area contributed by atoms with Gasteiger partial charge in [-0.1, -0.05) is 121 Å². The van der Waals surface area contributed by atoms with Crippen molar-refractivity contribution in [3.05, 3.63) is 179 Å². The van der Waals surface area contributed by atoms with E-state index < -0.39 is 46.5 Å². The lowest BCUT2D eigenvalue weighted by atomic mass is 9.79. The number of hydrogen-bond donors (Lipinski definition) is 0. The van der Waals surface area contributed by atoms with Crippen molar-refractivity contribution >= 4 is 90.6 Å². The lowest BCUT2D eigenvalue weighted by Gasteiger charge is -2.38. The Hall–Kier alpha value is -10.9. The minimum Gasteiger partial charge on any atom is -0.495 e. The van der Waals surface area contributed by atoms with Crippen molar-refractivity contribution in [2.24, 2.45) is 9.98 Å². The van der Waals surface area contributed by atoms with Crippen molar-refractivity contribution < 1.29 is 57.1 Å². The maximum atomic E-state index is 15.6. The summed E-state index contributed by atoms with van der Waals surface area (Å²) in [7, 11) is 2.79. The Morgan fingerprint density at radius 2 is 0.756 bits per heavy atom. The Morgan fingerprint density at radius 1 is 0.453 bits per heavy atom. The van der Waals surface area contributed by atoms with E-state index >= 15 is 19.2 Å². The van der Waals surface area contributed by atoms with E-state index in [-0.39, 0.29) is 102 Å². The van der Waals surface area contributed by atoms with Crippen LogP contribution in [-0.2, 0) is 75.8 Å². The first kappa shape index (κ1) is 57.0. The van der Waals surface area contributed by atoms with Crippen molar-refractivity contribution in [1.82, 2.24) is 9.97 Å². The second-order valence-electron chi connectivity index (χ2n) is 18.4. The summed E-state index contributed by atoms with van der Waals surface area (Å²) in [6.07, 6.45) is 0. The highest BCUT2D eigenvalue weighted by Gasteiger charge is 2.63. The summed E-state index contributed by atoms with van der Waals surface area (Å²) in [5, 5.41) is 39.1. The molecule has 9 aromatic rings. The van der Waals surface area contributed by atoms with Crippen LogP contribution in [0.15, 0.2) is 156 Å². The molecular weight excluding hydrogens is 1180 g/mol. The van der Waals surface area contributed by atoms with Crippen LogP contribution in [-0.4, -0.2) is 59.5 Å². The first-order valence-electron chi connectivity index (χ1n) is 25.5. The van der Waals surface area contributed by atoms with Crippen molar-refractivity contribution in [3.63, 3.8) is 0 Å². The fraction of sp³-hybridized carbons (Fsp3) is 0.129. The summed E-state index contributed by atoms with van der Waals surface area (Å²) in [5.41, 5.74) is -4.82. The number of aliphatic imine (C=N–C) groups is 2. The number of thiazole rings is 2. The van der Waals surface area contributed by atoms with Crippen LogP contribution in [0.1, 0.15) is 33.4 Å². The highest BCUT2D eigenvalue weighted by atomic mass is 32.1. The molecule has 4 aromatic heterocycles. The third-order valence-corrected chi connectivity index (χ3v) is 17.6. The fourth-order valence-electron chi connectivity index (χ4n) is 9.12. The molecule has 0 spiro atoms. The van der Waals surface area contributed by atoms with Crippen LogP contribution in [0.2, 0.25) is 0 Å². The molecule has 422 valence electrons. The van der Waals surface area contributed by atoms with E-state index in [1.807, 2.05) is 0 Å². The molecule has 5 aromatic carbocycles. The van der Waals surface area contributed by atoms with Crippen LogP contribution in [0.4, 0.5) is 10.0 Å². The predicted octanol–water partition coefficient (Wildman–Crippen LogP) is 11.8. The van der Waals surface area contributed by atoms with Gasteiger partial charge in [-0.05, 0) is 34.4 Å². The van der Waals surface area contributed by atoms with Crippen molar-refractivity contribution in [3.8, 4) is 88.2 Å². The van der Waals surface area contributed by atoms with E-state index in [4.69, 9.17) is 47.9 Å². The van der Waals surface area contributed by atoms with Gasteiger partial charge in [0.1, 0.15) is 92.0 Å². The number of carbonyl (C=O) groups excluding carboxylic acids is 4. The van der Waals surface area contributed by atoms with Gasteiger partial charge in [-0.15, -0.1) is 45.3 Å². The van der Waals surface area contributed by atoms with Crippen molar-refractivity contribution in [2.75, 3.05) is 14.2 Å². The summed E-state index contributed by atoms with van der Waals surface area (Å²) < 4.78 is 49.5. The third kappa shape index (κ3) is 10.9. The zero-order chi connectivity index (χ0) is 60.0. The Kier molecular flexibility index (Phi) is 16.3. The average molecular weight is 1220 g/mol. The number of benzene rings is 5. The standard InChI is InChI=1S/C62H38N8O12S4/c1-75-45-25-47(67-39(27-63)28-64)83-51(45)55-69-53-49(85-55)41-23-44-42(24-43(41)61(81-53,57(71)77-31-35-15-7-3-8-16-35)58(72)78-32-36-17-9-4-10-18-36)50-54(70-56(86-50)52-46(76-2)26-48(84-52)68-40(29-65)30-66)82-62(44,59(73)79-33-37-19-11-5-12-20-37)60(74)80-34-38-21-13-6-14-22-38/h3-26H,31-34H2,1-2H3. The van der Waals surface area contributed by atoms with Gasteiger partial charge >= 0.3 is 35.1 Å². The summed E-state index contributed by atoms with van der Waals surface area (Å²) >= 11 is 4.01. The molecule has 0 unspecified atom stereocenters. The largest absolute Gasteiger partial charge is 0.495 e. The molecule has 0 N–H and O–H groups in total. The summed E-state index contributed by atoms with van der Waals surface area (Å²) in [6.45, 7) is -1.41. The Balaban J connectivity index is 1.20. The minimum atomic E-state index is -2.89. The number of aromatic nitrogens is 2. The fourth-order valence-corrected chi connectivity index (χ4v) is 13.3. The van der Waals surface area contributed by atoms with Crippen LogP contribution in [0.5, 0.6) is 23.3 Å². The maximum absolute atomic E-state index is 15.6. The van der Waals surface area contributed by atoms with Gasteiger partial charge in [-0.2, -0.15) is 21.0 Å². The molecule has 24 heteroatoms. The van der Waals surface area contributed by atoms with Gasteiger partial charge in [0, 0.05) is 34.4 Å². The molecule has 0 radical (unpaired) electrons. The molecule has 20 nitrogen and oxygen atoms in total. The Labute approximate surface area is 504 Å². The summed E-state index contributed by atoms with van der Waals surface area (Å²) in [4.78, 5) is 81.6. The van der Waals surface area contributed by atoms with Gasteiger partial charge in [0.25, 0.3) is 0 Å². The van der Waals surface area contributed by atoms with Crippen molar-refractivity contribution in [2.45, 2.75) is 37.6 Å². The number of thiophene rings is 2. The third-order valence-electron chi connectivity index (χ3n) is 13.2. The highest BCUT2D eigenvalue weighted by Crippen LogP contribution is 2.59. The minimum absolute atomic E-state index is 0.00758. The van der Waals surface area contributed by atoms with Crippen LogP contribution in [0.25, 0.3) is 40.7 Å². The number of nitriles is 4. The molecule has 11 rings (SSSR count). The van der Waals surface area contributed by atoms with Gasteiger partial charge in [0.2, 0.25) is 23.2 Å². The number of esters is 4. The molecule has 0 saturated carbocycles. The molecule has 0 aliphatic carbocycles. The lowest BCUT2D eigenvalue weighted by molar-refractivity contribution is -0.185. The number of nitrogens with zero attached hydrogens (tertiary/aromatic N) is 8. The smallest absolute Gasteiger partial charge is 0.367 e. The number of hydrogen-bond acceptors (Lipinski definition) is 24. The maximum Gasteiger partial charge on any atom is 0.367 e. The first-order valence-corrected chi connectivity index (χ1v) is 28.8. The van der Waals surface area contributed by atoms with Crippen LogP contribution < -0.4 is 18.9 Å². The Bertz CT molecular complexity index is 3960. The quantitative estimate of drug-likeness (QED) is 0.0334. The Morgan fingerprint density at radius 3 is 1.03 bits per heavy atom. The molecule has 86 heavy (non-hydrogen) atoms. The predicted molar refractivity (Wildman–Crippen MR) is 315 cm³/mol. The zero-order valence-electron chi connectivity index (χ0n) is 44.8. The number of methoxy groups -OCH3 is 2. The van der Waals surface area contributed by atoms with E-state index in [9.17, 15) is 21.0 Å². The summed E-state index contributed by atoms with van der Waals surface area (Å²) in [6, 6.07) is 47.6. The van der Waals surface area contributed by atoms with E-state index in [1.54, 1.807) is 146 Å². The average Bonchev–Trinajstić information content (AvgIpc) is 1.27. The molecule has 0 bridgehead atoms. The monoisotopic (exact) mass is 1210 g/mol. The second-order valence-corrected chi connectivity index (χ2v) is 22.5. The van der Waals surface area contributed by atoms with Crippen LogP contribution in [0, 0.1) is 45.3 Å². The van der Waals surface area contributed by atoms with E-state index in [0.717, 1.165) is 45.3 Å². The van der Waals surface area contributed by atoms with Gasteiger partial charge < -0.3 is 37.9 Å². The SMILES string of the molecule is COc1cc(N=C(C#N)C#N)sc1-c1nc2c(s1)-c1cc3c(cc1C(C(=O)OCc1ccccc1)(C(=O)OCc1ccccc1)O2)-c1sc(-c2sc(N=C(C#N)C#N)cc2OC)nc1OC3(C(=O)OCc1ccccc1)C(=O)OCc1ccccc1. The lowest BCUT2D eigenvalue weighted by Crippen LogP contribution is -2.54. The molecule has 0 amide bonds. The van der Waals surface area contributed by atoms with Crippen LogP contribution in [0.3, 0.4) is 0 Å². The van der Waals surface area contributed by atoms with Crippen LogP contribution >= 0.6 is 45.3 Å². The van der Waals surface area contributed by atoms with Gasteiger partial charge in [-0.25, -0.2) is 39.1 Å². The topological polar surface area (TPSA) is 288 Å². The van der Waals surface area contributed by atoms with Gasteiger partial charge in [0.15, 0.2) is 0 Å². The number of rotatable bonds is 18. The molecule has 6 heterocycles. The van der Waals surface area contributed by atoms with Gasteiger partial charge in [-0.3, -0.25) is 0 Å². The molecule has 0 atom stereocenters.